The number of rotatable bonds is 7. The lowest BCUT2D eigenvalue weighted by Crippen LogP contribution is -2.31. The van der Waals surface area contributed by atoms with Gasteiger partial charge < -0.3 is 4.90 Å². The smallest absolute Gasteiger partial charge is 0.258 e. The van der Waals surface area contributed by atoms with Crippen LogP contribution in [-0.4, -0.2) is 10.9 Å². The second-order valence-corrected chi connectivity index (χ2v) is 7.95. The van der Waals surface area contributed by atoms with Crippen molar-refractivity contribution in [1.82, 2.24) is 4.98 Å². The maximum Gasteiger partial charge on any atom is 0.258 e. The quantitative estimate of drug-likeness (QED) is 0.412. The third-order valence-electron chi connectivity index (χ3n) is 4.90. The first-order valence-electron chi connectivity index (χ1n) is 9.75. The molecule has 0 atom stereocenters. The summed E-state index contributed by atoms with van der Waals surface area (Å²) in [5, 5.41) is 0.993. The molecular formula is C24H24Cl2N2O. The van der Waals surface area contributed by atoms with Crippen molar-refractivity contribution in [3.05, 3.63) is 93.2 Å². The number of amides is 1. The molecule has 0 aliphatic carbocycles. The summed E-state index contributed by atoms with van der Waals surface area (Å²) in [7, 11) is 0. The molecule has 0 unspecified atom stereocenters. The van der Waals surface area contributed by atoms with E-state index in [1.807, 2.05) is 19.1 Å². The van der Waals surface area contributed by atoms with Gasteiger partial charge in [-0.05, 0) is 60.7 Å². The number of carbonyl (C=O) groups is 1. The Bertz CT molecular complexity index is 983. The van der Waals surface area contributed by atoms with Crippen molar-refractivity contribution < 1.29 is 4.79 Å². The summed E-state index contributed by atoms with van der Waals surface area (Å²) < 4.78 is 0. The Kier molecular flexibility index (Phi) is 7.29. The second kappa shape index (κ2) is 9.91. The Labute approximate surface area is 182 Å². The number of pyridine rings is 1. The minimum atomic E-state index is -0.103. The highest BCUT2D eigenvalue weighted by Crippen LogP contribution is 2.29. The fourth-order valence-electron chi connectivity index (χ4n) is 3.33. The molecule has 0 aliphatic rings. The number of carbonyl (C=O) groups excluding carboxylic acids is 1. The van der Waals surface area contributed by atoms with Crippen LogP contribution in [0.4, 0.5) is 5.69 Å². The molecule has 1 aromatic heterocycles. The van der Waals surface area contributed by atoms with Gasteiger partial charge in [0.2, 0.25) is 0 Å². The second-order valence-electron chi connectivity index (χ2n) is 7.08. The van der Waals surface area contributed by atoms with Crippen molar-refractivity contribution in [2.45, 2.75) is 39.7 Å². The number of anilines is 1. The number of nitrogens with zero attached hydrogens (tertiary/aromatic N) is 2. The molecule has 0 aliphatic heterocycles. The molecule has 2 aromatic carbocycles. The van der Waals surface area contributed by atoms with Gasteiger partial charge in [-0.1, -0.05) is 60.8 Å². The summed E-state index contributed by atoms with van der Waals surface area (Å²) in [6.45, 7) is 4.51. The molecule has 0 saturated carbocycles. The standard InChI is InChI=1S/C24H24Cl2N2O/c1-3-4-7-18-8-5-6-9-19(18)16-28(22-13-20(25)12-21(26)14-22)24(29)23-10-11-27-15-17(23)2/h5-6,8-15H,3-4,7,16H2,1-2H3. The van der Waals surface area contributed by atoms with E-state index >= 15 is 0 Å². The predicted molar refractivity (Wildman–Crippen MR) is 121 cm³/mol. The summed E-state index contributed by atoms with van der Waals surface area (Å²) in [5.74, 6) is -0.103. The molecule has 0 radical (unpaired) electrons. The summed E-state index contributed by atoms with van der Waals surface area (Å²) in [6, 6.07) is 15.2. The van der Waals surface area contributed by atoms with Crippen LogP contribution >= 0.6 is 23.2 Å². The number of hydrogen-bond donors (Lipinski definition) is 0. The molecule has 0 saturated heterocycles. The number of aryl methyl sites for hydroxylation is 2. The number of hydrogen-bond acceptors (Lipinski definition) is 2. The van der Waals surface area contributed by atoms with Crippen LogP contribution in [0.3, 0.4) is 0 Å². The summed E-state index contributed by atoms with van der Waals surface area (Å²) in [5.41, 5.74) is 4.50. The minimum Gasteiger partial charge on any atom is -0.304 e. The van der Waals surface area contributed by atoms with Gasteiger partial charge >= 0.3 is 0 Å². The number of unbranched alkanes of at least 4 members (excludes halogenated alkanes) is 1. The lowest BCUT2D eigenvalue weighted by atomic mass is 10.0. The van der Waals surface area contributed by atoms with Crippen LogP contribution in [0.1, 0.15) is 46.8 Å². The zero-order valence-corrected chi connectivity index (χ0v) is 18.2. The van der Waals surface area contributed by atoms with Crippen LogP contribution in [0.15, 0.2) is 60.9 Å². The van der Waals surface area contributed by atoms with E-state index in [1.54, 1.807) is 41.6 Å². The first-order chi connectivity index (χ1) is 14.0. The third-order valence-corrected chi connectivity index (χ3v) is 5.34. The largest absolute Gasteiger partial charge is 0.304 e. The van der Waals surface area contributed by atoms with Gasteiger partial charge in [0.15, 0.2) is 0 Å². The van der Waals surface area contributed by atoms with Gasteiger partial charge in [-0.25, -0.2) is 0 Å². The monoisotopic (exact) mass is 426 g/mol. The van der Waals surface area contributed by atoms with E-state index in [0.717, 1.165) is 30.4 Å². The molecular weight excluding hydrogens is 403 g/mol. The topological polar surface area (TPSA) is 33.2 Å². The van der Waals surface area contributed by atoms with Crippen LogP contribution in [0, 0.1) is 6.92 Å². The van der Waals surface area contributed by atoms with Gasteiger partial charge in [0.1, 0.15) is 0 Å². The Hall–Kier alpha value is -2.36. The van der Waals surface area contributed by atoms with Crippen molar-refractivity contribution >= 4 is 34.8 Å². The van der Waals surface area contributed by atoms with Crippen molar-refractivity contribution in [2.24, 2.45) is 0 Å². The molecule has 0 spiro atoms. The van der Waals surface area contributed by atoms with Crippen LogP contribution in [-0.2, 0) is 13.0 Å². The number of aromatic nitrogens is 1. The van der Waals surface area contributed by atoms with Gasteiger partial charge in [0.05, 0.1) is 6.54 Å². The average Bonchev–Trinajstić information content (AvgIpc) is 2.70. The van der Waals surface area contributed by atoms with Crippen LogP contribution < -0.4 is 4.90 Å². The third kappa shape index (κ3) is 5.37. The van der Waals surface area contributed by atoms with Gasteiger partial charge in [-0.2, -0.15) is 0 Å². The van der Waals surface area contributed by atoms with Crippen LogP contribution in [0.25, 0.3) is 0 Å². The number of halogens is 2. The van der Waals surface area contributed by atoms with E-state index in [1.165, 1.54) is 5.56 Å². The van der Waals surface area contributed by atoms with E-state index in [4.69, 9.17) is 23.2 Å². The fraction of sp³-hybridized carbons (Fsp3) is 0.250. The normalized spacial score (nSPS) is 10.8. The highest BCUT2D eigenvalue weighted by Gasteiger charge is 2.21. The SMILES string of the molecule is CCCCc1ccccc1CN(C(=O)c1ccncc1C)c1cc(Cl)cc(Cl)c1. The highest BCUT2D eigenvalue weighted by molar-refractivity contribution is 6.35. The first kappa shape index (κ1) is 21.4. The van der Waals surface area contributed by atoms with Gasteiger partial charge in [0.25, 0.3) is 5.91 Å². The molecule has 1 heterocycles. The molecule has 0 fully saturated rings. The molecule has 3 nitrogen and oxygen atoms in total. The van der Waals surface area contributed by atoms with E-state index in [0.29, 0.717) is 27.8 Å². The Morgan fingerprint density at radius 2 is 1.72 bits per heavy atom. The van der Waals surface area contributed by atoms with Gasteiger partial charge in [0, 0.05) is 33.7 Å². The van der Waals surface area contributed by atoms with E-state index < -0.39 is 0 Å². The Balaban J connectivity index is 2.04. The van der Waals surface area contributed by atoms with Crippen molar-refractivity contribution in [1.29, 1.82) is 0 Å². The average molecular weight is 427 g/mol. The first-order valence-corrected chi connectivity index (χ1v) is 10.5. The Morgan fingerprint density at radius 3 is 2.38 bits per heavy atom. The summed E-state index contributed by atoms with van der Waals surface area (Å²) >= 11 is 12.5. The van der Waals surface area contributed by atoms with E-state index in [2.05, 4.69) is 24.0 Å². The molecule has 3 rings (SSSR count). The van der Waals surface area contributed by atoms with Crippen LogP contribution in [0.2, 0.25) is 10.0 Å². The van der Waals surface area contributed by atoms with Crippen LogP contribution in [0.5, 0.6) is 0 Å². The lowest BCUT2D eigenvalue weighted by molar-refractivity contribution is 0.0984. The molecule has 5 heteroatoms. The van der Waals surface area contributed by atoms with Crippen molar-refractivity contribution in [2.75, 3.05) is 4.90 Å². The number of benzene rings is 2. The van der Waals surface area contributed by atoms with E-state index in [9.17, 15) is 4.79 Å². The lowest BCUT2D eigenvalue weighted by Gasteiger charge is -2.25. The van der Waals surface area contributed by atoms with Gasteiger partial charge in [-0.15, -0.1) is 0 Å². The fourth-order valence-corrected chi connectivity index (χ4v) is 3.84. The zero-order valence-electron chi connectivity index (χ0n) is 16.7. The highest BCUT2D eigenvalue weighted by atomic mass is 35.5. The van der Waals surface area contributed by atoms with Crippen molar-refractivity contribution in [3.8, 4) is 0 Å². The molecule has 29 heavy (non-hydrogen) atoms. The maximum atomic E-state index is 13.5. The molecule has 0 N–H and O–H groups in total. The maximum absolute atomic E-state index is 13.5. The molecule has 3 aromatic rings. The predicted octanol–water partition coefficient (Wildman–Crippen LogP) is 6.89. The van der Waals surface area contributed by atoms with Gasteiger partial charge in [-0.3, -0.25) is 9.78 Å². The minimum absolute atomic E-state index is 0.103. The molecule has 1 amide bonds. The zero-order chi connectivity index (χ0) is 20.8. The molecule has 0 bridgehead atoms. The van der Waals surface area contributed by atoms with E-state index in [-0.39, 0.29) is 5.91 Å². The summed E-state index contributed by atoms with van der Waals surface area (Å²) in [6.07, 6.45) is 6.55. The summed E-state index contributed by atoms with van der Waals surface area (Å²) in [4.78, 5) is 19.4. The van der Waals surface area contributed by atoms with Crippen molar-refractivity contribution in [3.63, 3.8) is 0 Å². The molecule has 150 valence electrons. The Morgan fingerprint density at radius 1 is 1.03 bits per heavy atom.